The number of hydrogen-bond acceptors (Lipinski definition) is 5. The first kappa shape index (κ1) is 23.8. The molecule has 1 atom stereocenters. The lowest BCUT2D eigenvalue weighted by molar-refractivity contribution is -0.192. The monoisotopic (exact) mass is 456 g/mol. The van der Waals surface area contributed by atoms with E-state index in [9.17, 15) is 18.0 Å². The molecule has 11 heteroatoms. The molecule has 0 bridgehead atoms. The van der Waals surface area contributed by atoms with E-state index in [1.165, 1.54) is 18.5 Å². The second kappa shape index (κ2) is 9.76. The number of carbonyl (C=O) groups excluding carboxylic acids is 1. The van der Waals surface area contributed by atoms with Crippen LogP contribution in [0.4, 0.5) is 13.2 Å². The molecule has 1 amide bonds. The lowest BCUT2D eigenvalue weighted by atomic mass is 10.1. The number of amides is 1. The number of carboxylic acids is 1. The molecule has 3 heterocycles. The minimum absolute atomic E-state index is 0.0344. The molecule has 1 fully saturated rings. The van der Waals surface area contributed by atoms with Gasteiger partial charge in [-0.15, -0.1) is 0 Å². The Balaban J connectivity index is 0.000000360. The summed E-state index contributed by atoms with van der Waals surface area (Å²) in [6.45, 7) is 7.86. The van der Waals surface area contributed by atoms with Crippen LogP contribution < -0.4 is 5.32 Å². The maximum atomic E-state index is 12.7. The van der Waals surface area contributed by atoms with Crippen LogP contribution in [0.1, 0.15) is 35.6 Å². The van der Waals surface area contributed by atoms with Gasteiger partial charge in [0.05, 0.1) is 11.6 Å². The number of carboxylic acid groups (broad SMARTS) is 1. The van der Waals surface area contributed by atoms with Crippen LogP contribution in [0.15, 0.2) is 22.9 Å². The predicted molar refractivity (Wildman–Crippen MR) is 107 cm³/mol. The number of rotatable bonds is 5. The minimum atomic E-state index is -5.08. The molecule has 1 aliphatic carbocycles. The van der Waals surface area contributed by atoms with Gasteiger partial charge in [-0.3, -0.25) is 9.69 Å². The van der Waals surface area contributed by atoms with Crippen molar-refractivity contribution >= 4 is 11.9 Å². The molecule has 1 saturated carbocycles. The van der Waals surface area contributed by atoms with Gasteiger partial charge in [0.2, 0.25) is 5.91 Å². The van der Waals surface area contributed by atoms with E-state index in [2.05, 4.69) is 38.3 Å². The smallest absolute Gasteiger partial charge is 0.475 e. The molecule has 2 aromatic heterocycles. The molecule has 0 aromatic carbocycles. The summed E-state index contributed by atoms with van der Waals surface area (Å²) < 4.78 is 39.3. The first-order valence-electron chi connectivity index (χ1n) is 10.4. The Bertz CT molecular complexity index is 930. The average molecular weight is 456 g/mol. The van der Waals surface area contributed by atoms with Gasteiger partial charge >= 0.3 is 12.1 Å². The van der Waals surface area contributed by atoms with E-state index in [-0.39, 0.29) is 11.8 Å². The summed E-state index contributed by atoms with van der Waals surface area (Å²) in [7, 11) is 0. The van der Waals surface area contributed by atoms with Crippen molar-refractivity contribution < 1.29 is 32.4 Å². The van der Waals surface area contributed by atoms with Crippen molar-refractivity contribution in [2.75, 3.05) is 13.1 Å². The summed E-state index contributed by atoms with van der Waals surface area (Å²) in [5, 5.41) is 14.3. The zero-order valence-electron chi connectivity index (χ0n) is 18.0. The molecule has 32 heavy (non-hydrogen) atoms. The number of fused-ring (bicyclic) bond motifs is 1. The normalized spacial score (nSPS) is 18.8. The van der Waals surface area contributed by atoms with Crippen molar-refractivity contribution in [1.29, 1.82) is 0 Å². The minimum Gasteiger partial charge on any atom is -0.475 e. The van der Waals surface area contributed by atoms with Crippen LogP contribution in [0.5, 0.6) is 0 Å². The van der Waals surface area contributed by atoms with Crippen molar-refractivity contribution in [3.63, 3.8) is 0 Å². The lowest BCUT2D eigenvalue weighted by Crippen LogP contribution is -2.39. The number of aryl methyl sites for hydroxylation is 2. The molecule has 8 nitrogen and oxygen atoms in total. The van der Waals surface area contributed by atoms with Gasteiger partial charge in [-0.1, -0.05) is 5.16 Å². The number of aromatic nitrogens is 2. The molecule has 1 aliphatic heterocycles. The Morgan fingerprint density at radius 2 is 1.97 bits per heavy atom. The largest absolute Gasteiger partial charge is 0.490 e. The third-order valence-electron chi connectivity index (χ3n) is 5.64. The van der Waals surface area contributed by atoms with Crippen LogP contribution in [-0.4, -0.2) is 50.9 Å². The van der Waals surface area contributed by atoms with Gasteiger partial charge in [0.15, 0.2) is 0 Å². The summed E-state index contributed by atoms with van der Waals surface area (Å²) in [5.41, 5.74) is 3.33. The van der Waals surface area contributed by atoms with Crippen molar-refractivity contribution in [1.82, 2.24) is 19.9 Å². The van der Waals surface area contributed by atoms with E-state index in [4.69, 9.17) is 14.4 Å². The first-order chi connectivity index (χ1) is 15.0. The molecule has 176 valence electrons. The highest BCUT2D eigenvalue weighted by Crippen LogP contribution is 2.28. The quantitative estimate of drug-likeness (QED) is 0.718. The zero-order valence-corrected chi connectivity index (χ0v) is 18.0. The van der Waals surface area contributed by atoms with E-state index in [1.807, 2.05) is 13.8 Å². The van der Waals surface area contributed by atoms with Crippen LogP contribution in [-0.2, 0) is 29.2 Å². The van der Waals surface area contributed by atoms with Crippen LogP contribution in [0.25, 0.3) is 0 Å². The highest BCUT2D eigenvalue weighted by molar-refractivity contribution is 5.79. The fourth-order valence-electron chi connectivity index (χ4n) is 3.62. The van der Waals surface area contributed by atoms with Crippen LogP contribution in [0.2, 0.25) is 0 Å². The molecule has 4 rings (SSSR count). The predicted octanol–water partition coefficient (Wildman–Crippen LogP) is 2.88. The van der Waals surface area contributed by atoms with E-state index in [0.717, 1.165) is 49.7 Å². The summed E-state index contributed by atoms with van der Waals surface area (Å²) in [4.78, 5) is 24.0. The van der Waals surface area contributed by atoms with Crippen LogP contribution in [0.3, 0.4) is 0 Å². The molecule has 2 N–H and O–H groups in total. The van der Waals surface area contributed by atoms with E-state index in [1.54, 1.807) is 0 Å². The molecule has 0 saturated heterocycles. The maximum Gasteiger partial charge on any atom is 0.490 e. The van der Waals surface area contributed by atoms with Gasteiger partial charge in [0.1, 0.15) is 5.76 Å². The number of aliphatic carboxylic acids is 1. The van der Waals surface area contributed by atoms with Gasteiger partial charge in [0.25, 0.3) is 0 Å². The number of hydrogen-bond donors (Lipinski definition) is 2. The molecule has 2 aromatic rings. The fraction of sp³-hybridized carbons (Fsp3) is 0.571. The molecular formula is C21H27F3N4O4. The summed E-state index contributed by atoms with van der Waals surface area (Å²) in [6, 6.07) is 4.21. The van der Waals surface area contributed by atoms with Gasteiger partial charge < -0.3 is 19.5 Å². The third kappa shape index (κ3) is 6.35. The Morgan fingerprint density at radius 3 is 2.53 bits per heavy atom. The third-order valence-corrected chi connectivity index (χ3v) is 5.64. The summed E-state index contributed by atoms with van der Waals surface area (Å²) >= 11 is 0. The Labute approximate surface area is 183 Å². The van der Waals surface area contributed by atoms with Crippen LogP contribution in [0, 0.1) is 25.7 Å². The van der Waals surface area contributed by atoms with E-state index < -0.39 is 12.1 Å². The van der Waals surface area contributed by atoms with E-state index in [0.29, 0.717) is 5.92 Å². The highest BCUT2D eigenvalue weighted by Gasteiger charge is 2.38. The lowest BCUT2D eigenvalue weighted by Gasteiger charge is -2.23. The topological polar surface area (TPSA) is 101 Å². The number of halogens is 3. The Hall–Kier alpha value is -2.82. The number of carbonyl (C=O) groups is 2. The maximum absolute atomic E-state index is 12.7. The number of nitrogens with zero attached hydrogens (tertiary/aromatic N) is 3. The molecule has 2 aliphatic rings. The number of nitrogens with one attached hydrogen (secondary N) is 1. The van der Waals surface area contributed by atoms with Gasteiger partial charge in [-0.25, -0.2) is 4.79 Å². The second-order valence-corrected chi connectivity index (χ2v) is 8.31. The van der Waals surface area contributed by atoms with Gasteiger partial charge in [-0.2, -0.15) is 13.2 Å². The van der Waals surface area contributed by atoms with E-state index >= 15 is 0 Å². The zero-order chi connectivity index (χ0) is 23.5. The first-order valence-corrected chi connectivity index (χ1v) is 10.4. The molecule has 0 radical (unpaired) electrons. The van der Waals surface area contributed by atoms with Gasteiger partial charge in [-0.05, 0) is 44.7 Å². The Kier molecular flexibility index (Phi) is 7.27. The van der Waals surface area contributed by atoms with Crippen molar-refractivity contribution in [2.24, 2.45) is 11.8 Å². The summed E-state index contributed by atoms with van der Waals surface area (Å²) in [6.07, 6.45) is -0.494. The van der Waals surface area contributed by atoms with Crippen molar-refractivity contribution in [2.45, 2.75) is 52.5 Å². The second-order valence-electron chi connectivity index (χ2n) is 8.31. The van der Waals surface area contributed by atoms with Crippen LogP contribution >= 0.6 is 0 Å². The molecule has 1 unspecified atom stereocenters. The summed E-state index contributed by atoms with van der Waals surface area (Å²) in [5.74, 6) is -1.04. The molecule has 0 spiro atoms. The van der Waals surface area contributed by atoms with Crippen molar-refractivity contribution in [3.05, 3.63) is 41.0 Å². The standard InChI is InChI=1S/C19H26N4O2.C2HF3O2/c1-13-18(14(2)25-21-13)12-22-9-16(19(24)20-8-15-5-6-15)10-23-7-3-4-17(23)11-22;3-2(4,5)1(6)7/h3-4,7,15-16H,5-6,8-12H2,1-2H3,(H,20,24);(H,6,7). The SMILES string of the molecule is Cc1noc(C)c1CN1Cc2cccn2CC(C(=O)NCC2CC2)C1.O=C(O)C(F)(F)F. The molecular weight excluding hydrogens is 429 g/mol. The highest BCUT2D eigenvalue weighted by atomic mass is 19.4. The average Bonchev–Trinajstić information content (AvgIpc) is 3.42. The van der Waals surface area contributed by atoms with Gasteiger partial charge in [0, 0.05) is 50.2 Å². The van der Waals surface area contributed by atoms with Crippen molar-refractivity contribution in [3.8, 4) is 0 Å². The Morgan fingerprint density at radius 1 is 1.28 bits per heavy atom. The fourth-order valence-corrected chi connectivity index (χ4v) is 3.62. The number of alkyl halides is 3.